The molecule has 0 aliphatic carbocycles. The summed E-state index contributed by atoms with van der Waals surface area (Å²) >= 11 is 3.31. The number of rotatable bonds is 4. The summed E-state index contributed by atoms with van der Waals surface area (Å²) < 4.78 is 11.2. The number of ether oxygens (including phenoxy) is 2. The highest BCUT2D eigenvalue weighted by atomic mass is 79.9. The minimum absolute atomic E-state index is 0.320. The van der Waals surface area contributed by atoms with Gasteiger partial charge in [-0.05, 0) is 45.9 Å². The van der Waals surface area contributed by atoms with Crippen LogP contribution in [-0.2, 0) is 9.53 Å². The van der Waals surface area contributed by atoms with Crippen LogP contribution in [0.4, 0.5) is 10.5 Å². The van der Waals surface area contributed by atoms with Crippen LogP contribution >= 0.6 is 15.9 Å². The van der Waals surface area contributed by atoms with Crippen LogP contribution in [0.5, 0.6) is 5.75 Å². The number of hydrogen-bond donors (Lipinski definition) is 1. The fourth-order valence-electron chi connectivity index (χ4n) is 1.74. The van der Waals surface area contributed by atoms with Gasteiger partial charge in [0.15, 0.2) is 0 Å². The Morgan fingerprint density at radius 1 is 1.32 bits per heavy atom. The third-order valence-corrected chi connectivity index (χ3v) is 3.23. The predicted molar refractivity (Wildman–Crippen MR) is 86.5 cm³/mol. The van der Waals surface area contributed by atoms with Crippen molar-refractivity contribution in [3.05, 3.63) is 22.7 Å². The first-order chi connectivity index (χ1) is 10.1. The standard InChI is InChI=1S/C15H20BrNO5/c1-9(13(18)19)17(14(20)22-15(2,3)4)11-8-10(16)6-7-12(11)21-5/h6-9H,1-5H3,(H,18,19). The second-order valence-electron chi connectivity index (χ2n) is 5.68. The number of halogens is 1. The number of aliphatic carboxylic acids is 1. The minimum atomic E-state index is -1.15. The number of carbonyl (C=O) groups excluding carboxylic acids is 1. The van der Waals surface area contributed by atoms with Crippen molar-refractivity contribution in [1.29, 1.82) is 0 Å². The second kappa shape index (κ2) is 7.00. The van der Waals surface area contributed by atoms with E-state index >= 15 is 0 Å². The molecule has 1 aromatic carbocycles. The summed E-state index contributed by atoms with van der Waals surface area (Å²) in [7, 11) is 1.45. The van der Waals surface area contributed by atoms with Crippen LogP contribution in [0.15, 0.2) is 22.7 Å². The summed E-state index contributed by atoms with van der Waals surface area (Å²) in [6, 6.07) is 3.88. The number of carbonyl (C=O) groups is 2. The summed E-state index contributed by atoms with van der Waals surface area (Å²) in [6.45, 7) is 6.55. The number of carboxylic acid groups (broad SMARTS) is 1. The molecule has 0 fully saturated rings. The maximum Gasteiger partial charge on any atom is 0.415 e. The Bertz CT molecular complexity index is 568. The zero-order chi connectivity index (χ0) is 17.1. The van der Waals surface area contributed by atoms with Gasteiger partial charge in [-0.1, -0.05) is 15.9 Å². The van der Waals surface area contributed by atoms with Crippen LogP contribution in [0.25, 0.3) is 0 Å². The van der Waals surface area contributed by atoms with Crippen LogP contribution in [0.2, 0.25) is 0 Å². The Kier molecular flexibility index (Phi) is 5.82. The molecule has 1 unspecified atom stereocenters. The maximum atomic E-state index is 12.5. The van der Waals surface area contributed by atoms with Gasteiger partial charge < -0.3 is 14.6 Å². The first-order valence-corrected chi connectivity index (χ1v) is 7.44. The van der Waals surface area contributed by atoms with Gasteiger partial charge in [-0.2, -0.15) is 0 Å². The molecular formula is C15H20BrNO5. The molecule has 22 heavy (non-hydrogen) atoms. The first-order valence-electron chi connectivity index (χ1n) is 6.65. The number of amides is 1. The van der Waals surface area contributed by atoms with Crippen molar-refractivity contribution >= 4 is 33.7 Å². The first kappa shape index (κ1) is 18.3. The lowest BCUT2D eigenvalue weighted by Gasteiger charge is -2.30. The molecule has 1 aromatic rings. The van der Waals surface area contributed by atoms with E-state index in [4.69, 9.17) is 9.47 Å². The quantitative estimate of drug-likeness (QED) is 0.870. The van der Waals surface area contributed by atoms with E-state index in [9.17, 15) is 14.7 Å². The third kappa shape index (κ3) is 4.62. The van der Waals surface area contributed by atoms with E-state index < -0.39 is 23.7 Å². The number of methoxy groups -OCH3 is 1. The largest absolute Gasteiger partial charge is 0.495 e. The molecule has 0 heterocycles. The molecule has 122 valence electrons. The summed E-state index contributed by atoms with van der Waals surface area (Å²) in [5.74, 6) is -0.768. The van der Waals surface area contributed by atoms with Crippen LogP contribution in [0.3, 0.4) is 0 Å². The fraction of sp³-hybridized carbons (Fsp3) is 0.467. The Morgan fingerprint density at radius 3 is 2.36 bits per heavy atom. The van der Waals surface area contributed by atoms with Gasteiger partial charge >= 0.3 is 12.1 Å². The average molecular weight is 374 g/mol. The minimum Gasteiger partial charge on any atom is -0.495 e. The summed E-state index contributed by atoms with van der Waals surface area (Å²) in [6.07, 6.45) is -0.751. The highest BCUT2D eigenvalue weighted by Crippen LogP contribution is 2.33. The van der Waals surface area contributed by atoms with Gasteiger partial charge in [-0.15, -0.1) is 0 Å². The lowest BCUT2D eigenvalue weighted by atomic mass is 10.2. The Balaban J connectivity index is 3.35. The molecule has 6 nitrogen and oxygen atoms in total. The third-order valence-electron chi connectivity index (χ3n) is 2.74. The molecule has 1 rings (SSSR count). The molecular weight excluding hydrogens is 354 g/mol. The van der Waals surface area contributed by atoms with E-state index in [0.29, 0.717) is 15.9 Å². The maximum absolute atomic E-state index is 12.5. The number of anilines is 1. The van der Waals surface area contributed by atoms with E-state index in [-0.39, 0.29) is 0 Å². The molecule has 0 saturated carbocycles. The Hall–Kier alpha value is -1.76. The molecule has 1 atom stereocenters. The summed E-state index contributed by atoms with van der Waals surface area (Å²) in [5, 5.41) is 9.29. The van der Waals surface area contributed by atoms with E-state index in [1.807, 2.05) is 0 Å². The van der Waals surface area contributed by atoms with Gasteiger partial charge in [-0.25, -0.2) is 9.59 Å². The normalized spacial score (nSPS) is 12.5. The average Bonchev–Trinajstić information content (AvgIpc) is 2.36. The van der Waals surface area contributed by atoms with Crippen LogP contribution in [0.1, 0.15) is 27.7 Å². The molecule has 0 aromatic heterocycles. The second-order valence-corrected chi connectivity index (χ2v) is 6.60. The summed E-state index contributed by atoms with van der Waals surface area (Å²) in [5.41, 5.74) is -0.423. The zero-order valence-corrected chi connectivity index (χ0v) is 14.8. The van der Waals surface area contributed by atoms with Gasteiger partial charge in [0, 0.05) is 4.47 Å². The van der Waals surface area contributed by atoms with E-state index in [2.05, 4.69) is 15.9 Å². The van der Waals surface area contributed by atoms with Gasteiger partial charge in [0.05, 0.1) is 12.8 Å². The van der Waals surface area contributed by atoms with Crippen molar-refractivity contribution in [1.82, 2.24) is 0 Å². The van der Waals surface area contributed by atoms with Crippen LogP contribution in [0, 0.1) is 0 Å². The zero-order valence-electron chi connectivity index (χ0n) is 13.2. The lowest BCUT2D eigenvalue weighted by molar-refractivity contribution is -0.138. The molecule has 7 heteroatoms. The molecule has 1 N–H and O–H groups in total. The van der Waals surface area contributed by atoms with Crippen LogP contribution < -0.4 is 9.64 Å². The Labute approximate surface area is 138 Å². The number of nitrogens with zero attached hydrogens (tertiary/aromatic N) is 1. The molecule has 0 saturated heterocycles. The van der Waals surface area contributed by atoms with Crippen molar-refractivity contribution < 1.29 is 24.2 Å². The molecule has 0 aliphatic heterocycles. The fourth-order valence-corrected chi connectivity index (χ4v) is 2.09. The Morgan fingerprint density at radius 2 is 1.91 bits per heavy atom. The number of carboxylic acids is 1. The van der Waals surface area contributed by atoms with Crippen molar-refractivity contribution in [3.8, 4) is 5.75 Å². The molecule has 0 bridgehead atoms. The monoisotopic (exact) mass is 373 g/mol. The molecule has 0 radical (unpaired) electrons. The smallest absolute Gasteiger partial charge is 0.415 e. The van der Waals surface area contributed by atoms with E-state index in [1.165, 1.54) is 14.0 Å². The molecule has 0 spiro atoms. The molecule has 1 amide bonds. The van der Waals surface area contributed by atoms with E-state index in [1.54, 1.807) is 39.0 Å². The van der Waals surface area contributed by atoms with Gasteiger partial charge in [-0.3, -0.25) is 4.90 Å². The van der Waals surface area contributed by atoms with Crippen molar-refractivity contribution in [2.45, 2.75) is 39.3 Å². The highest BCUT2D eigenvalue weighted by molar-refractivity contribution is 9.10. The van der Waals surface area contributed by atoms with Gasteiger partial charge in [0.2, 0.25) is 0 Å². The van der Waals surface area contributed by atoms with Gasteiger partial charge in [0.25, 0.3) is 0 Å². The predicted octanol–water partition coefficient (Wildman–Crippen LogP) is 3.67. The highest BCUT2D eigenvalue weighted by Gasteiger charge is 2.33. The van der Waals surface area contributed by atoms with Crippen molar-refractivity contribution in [2.24, 2.45) is 0 Å². The summed E-state index contributed by atoms with van der Waals surface area (Å²) in [4.78, 5) is 24.9. The topological polar surface area (TPSA) is 76.1 Å². The molecule has 0 aliphatic rings. The number of hydrogen-bond acceptors (Lipinski definition) is 4. The van der Waals surface area contributed by atoms with E-state index in [0.717, 1.165) is 4.90 Å². The van der Waals surface area contributed by atoms with Crippen molar-refractivity contribution in [3.63, 3.8) is 0 Å². The van der Waals surface area contributed by atoms with Crippen molar-refractivity contribution in [2.75, 3.05) is 12.0 Å². The van der Waals surface area contributed by atoms with Crippen LogP contribution in [-0.4, -0.2) is 35.9 Å². The lowest BCUT2D eigenvalue weighted by Crippen LogP contribution is -2.46. The number of benzene rings is 1. The SMILES string of the molecule is COc1ccc(Br)cc1N(C(=O)OC(C)(C)C)C(C)C(=O)O. The van der Waals surface area contributed by atoms with Gasteiger partial charge in [0.1, 0.15) is 17.4 Å².